The molecule has 1 rings (SSSR count). The van der Waals surface area contributed by atoms with Gasteiger partial charge in [-0.25, -0.2) is 0 Å². The molecule has 2 N–H and O–H groups in total. The number of carbonyl (C=O) groups is 2. The van der Waals surface area contributed by atoms with Gasteiger partial charge in [0, 0.05) is 14.0 Å². The number of hydrogen-bond donors (Lipinski definition) is 2. The summed E-state index contributed by atoms with van der Waals surface area (Å²) in [6.45, 7) is 7.92. The summed E-state index contributed by atoms with van der Waals surface area (Å²) in [4.78, 5) is 23.8. The van der Waals surface area contributed by atoms with Gasteiger partial charge in [-0.3, -0.25) is 9.59 Å². The third-order valence-electron chi connectivity index (χ3n) is 3.04. The van der Waals surface area contributed by atoms with E-state index in [1.165, 1.54) is 14.0 Å². The first kappa shape index (κ1) is 19.9. The van der Waals surface area contributed by atoms with Crippen LogP contribution in [-0.2, 0) is 14.3 Å². The van der Waals surface area contributed by atoms with Gasteiger partial charge in [0.05, 0.1) is 6.61 Å². The van der Waals surface area contributed by atoms with E-state index in [4.69, 9.17) is 4.74 Å². The van der Waals surface area contributed by atoms with Gasteiger partial charge in [0.2, 0.25) is 11.8 Å². The van der Waals surface area contributed by atoms with E-state index in [2.05, 4.69) is 41.7 Å². The third kappa shape index (κ3) is 7.44. The first-order valence-corrected chi connectivity index (χ1v) is 11.4. The summed E-state index contributed by atoms with van der Waals surface area (Å²) in [5, 5.41) is 5.51. The van der Waals surface area contributed by atoms with E-state index < -0.39 is 20.2 Å². The van der Waals surface area contributed by atoms with Crippen LogP contribution in [0, 0.1) is 11.5 Å². The Morgan fingerprint density at radius 2 is 1.79 bits per heavy atom. The molecule has 0 bridgehead atoms. The van der Waals surface area contributed by atoms with Crippen LogP contribution in [0.3, 0.4) is 0 Å². The minimum Gasteiger partial charge on any atom is -0.382 e. The molecule has 0 saturated carbocycles. The van der Waals surface area contributed by atoms with Crippen molar-refractivity contribution in [3.63, 3.8) is 0 Å². The van der Waals surface area contributed by atoms with Crippen molar-refractivity contribution in [3.8, 4) is 11.5 Å². The highest BCUT2D eigenvalue weighted by atomic mass is 28.3. The van der Waals surface area contributed by atoms with Crippen molar-refractivity contribution in [3.05, 3.63) is 35.9 Å². The van der Waals surface area contributed by atoms with Crippen LogP contribution in [0.15, 0.2) is 30.3 Å². The highest BCUT2D eigenvalue weighted by molar-refractivity contribution is 6.83. The van der Waals surface area contributed by atoms with Crippen molar-refractivity contribution in [2.24, 2.45) is 0 Å². The first-order valence-electron chi connectivity index (χ1n) is 7.87. The fraction of sp³-hybridized carbons (Fsp3) is 0.444. The summed E-state index contributed by atoms with van der Waals surface area (Å²) < 4.78 is 5.02. The van der Waals surface area contributed by atoms with Crippen LogP contribution < -0.4 is 10.6 Å². The van der Waals surface area contributed by atoms with Gasteiger partial charge in [-0.05, 0) is 5.56 Å². The van der Waals surface area contributed by atoms with Gasteiger partial charge in [0.25, 0.3) is 0 Å². The van der Waals surface area contributed by atoms with Crippen LogP contribution in [0.4, 0.5) is 0 Å². The lowest BCUT2D eigenvalue weighted by molar-refractivity contribution is -0.129. The second kappa shape index (κ2) is 9.26. The molecule has 24 heavy (non-hydrogen) atoms. The summed E-state index contributed by atoms with van der Waals surface area (Å²) in [5.74, 6) is 2.59. The summed E-state index contributed by atoms with van der Waals surface area (Å²) in [6, 6.07) is 8.42. The minimum atomic E-state index is -1.58. The monoisotopic (exact) mass is 346 g/mol. The molecule has 0 aliphatic rings. The standard InChI is InChI=1S/C18H26N2O3Si/c1-14(21)19-17(13-23-2)18(22)20-16(11-12-24(3,4)5)15-9-7-6-8-10-15/h6-10,16-17H,13H2,1-5H3,(H,19,21)(H,20,22). The number of methoxy groups -OCH3 is 1. The van der Waals surface area contributed by atoms with Gasteiger partial charge in [0.1, 0.15) is 20.2 Å². The molecule has 0 spiro atoms. The average Bonchev–Trinajstić information content (AvgIpc) is 2.50. The molecule has 2 unspecified atom stereocenters. The Kier molecular flexibility index (Phi) is 7.69. The van der Waals surface area contributed by atoms with Crippen molar-refractivity contribution in [1.29, 1.82) is 0 Å². The van der Waals surface area contributed by atoms with Gasteiger partial charge < -0.3 is 15.4 Å². The zero-order valence-electron chi connectivity index (χ0n) is 15.0. The molecule has 0 heterocycles. The second-order valence-electron chi connectivity index (χ2n) is 6.58. The van der Waals surface area contributed by atoms with Gasteiger partial charge in [-0.15, -0.1) is 5.54 Å². The molecule has 2 amide bonds. The SMILES string of the molecule is COCC(NC(C)=O)C(=O)NC(C#C[Si](C)(C)C)c1ccccc1. The Morgan fingerprint density at radius 1 is 1.17 bits per heavy atom. The van der Waals surface area contributed by atoms with Crippen molar-refractivity contribution in [1.82, 2.24) is 10.6 Å². The summed E-state index contributed by atoms with van der Waals surface area (Å²) in [7, 11) is -0.0914. The van der Waals surface area contributed by atoms with Crippen LogP contribution in [0.5, 0.6) is 0 Å². The van der Waals surface area contributed by atoms with E-state index in [9.17, 15) is 9.59 Å². The van der Waals surface area contributed by atoms with Crippen LogP contribution in [0.1, 0.15) is 18.5 Å². The van der Waals surface area contributed by atoms with Crippen LogP contribution in [0.25, 0.3) is 0 Å². The zero-order valence-corrected chi connectivity index (χ0v) is 16.0. The fourth-order valence-corrected chi connectivity index (χ4v) is 2.55. The molecule has 0 saturated heterocycles. The van der Waals surface area contributed by atoms with Crippen LogP contribution in [0.2, 0.25) is 19.6 Å². The third-order valence-corrected chi connectivity index (χ3v) is 3.93. The topological polar surface area (TPSA) is 67.4 Å². The largest absolute Gasteiger partial charge is 0.382 e. The van der Waals surface area contributed by atoms with E-state index >= 15 is 0 Å². The van der Waals surface area contributed by atoms with Gasteiger partial charge in [-0.1, -0.05) is 55.9 Å². The number of nitrogens with one attached hydrogen (secondary N) is 2. The summed E-state index contributed by atoms with van der Waals surface area (Å²) in [6.07, 6.45) is 0. The Balaban J connectivity index is 3.00. The molecule has 6 heteroatoms. The molecule has 0 aliphatic carbocycles. The molecule has 1 aromatic carbocycles. The maximum Gasteiger partial charge on any atom is 0.246 e. The van der Waals surface area contributed by atoms with Crippen LogP contribution >= 0.6 is 0 Å². The van der Waals surface area contributed by atoms with Gasteiger partial charge in [0.15, 0.2) is 0 Å². The first-order chi connectivity index (χ1) is 11.2. The second-order valence-corrected chi connectivity index (χ2v) is 11.3. The van der Waals surface area contributed by atoms with Gasteiger partial charge in [-0.2, -0.15) is 0 Å². The molecular weight excluding hydrogens is 320 g/mol. The average molecular weight is 347 g/mol. The normalized spacial score (nSPS) is 13.2. The number of carbonyl (C=O) groups excluding carboxylic acids is 2. The maximum absolute atomic E-state index is 12.5. The van der Waals surface area contributed by atoms with Crippen molar-refractivity contribution in [2.75, 3.05) is 13.7 Å². The number of amides is 2. The summed E-state index contributed by atoms with van der Waals surface area (Å²) in [5.41, 5.74) is 4.21. The van der Waals surface area contributed by atoms with Crippen LogP contribution in [-0.4, -0.2) is 39.6 Å². The molecule has 1 aromatic rings. The lowest BCUT2D eigenvalue weighted by atomic mass is 10.1. The molecule has 2 atom stereocenters. The molecule has 0 aromatic heterocycles. The van der Waals surface area contributed by atoms with Crippen molar-refractivity contribution in [2.45, 2.75) is 38.6 Å². The van der Waals surface area contributed by atoms with Gasteiger partial charge >= 0.3 is 0 Å². The predicted molar refractivity (Wildman–Crippen MR) is 97.9 cm³/mol. The molecule has 0 radical (unpaired) electrons. The number of benzene rings is 1. The molecule has 5 nitrogen and oxygen atoms in total. The highest BCUT2D eigenvalue weighted by Crippen LogP contribution is 2.12. The molecule has 0 aliphatic heterocycles. The lowest BCUT2D eigenvalue weighted by Crippen LogP contribution is -2.49. The molecular formula is C18H26N2O3Si. The van der Waals surface area contributed by atoms with E-state index in [-0.39, 0.29) is 18.4 Å². The summed E-state index contributed by atoms with van der Waals surface area (Å²) >= 11 is 0. The fourth-order valence-electron chi connectivity index (χ4n) is 1.97. The van der Waals surface area contributed by atoms with E-state index in [0.29, 0.717) is 0 Å². The van der Waals surface area contributed by atoms with Crippen molar-refractivity contribution < 1.29 is 14.3 Å². The maximum atomic E-state index is 12.5. The Hall–Kier alpha value is -2.10. The smallest absolute Gasteiger partial charge is 0.246 e. The van der Waals surface area contributed by atoms with E-state index in [1.54, 1.807) is 0 Å². The Labute approximate surface area is 145 Å². The number of rotatable bonds is 6. The molecule has 0 fully saturated rings. The minimum absolute atomic E-state index is 0.106. The lowest BCUT2D eigenvalue weighted by Gasteiger charge is -2.20. The quantitative estimate of drug-likeness (QED) is 0.610. The Bertz CT molecular complexity index is 615. The number of ether oxygens (including phenoxy) is 1. The van der Waals surface area contributed by atoms with E-state index in [1.807, 2.05) is 30.3 Å². The zero-order chi connectivity index (χ0) is 18.2. The number of hydrogen-bond acceptors (Lipinski definition) is 3. The van der Waals surface area contributed by atoms with Crippen molar-refractivity contribution >= 4 is 19.9 Å². The molecule has 130 valence electrons. The van der Waals surface area contributed by atoms with E-state index in [0.717, 1.165) is 5.56 Å². The highest BCUT2D eigenvalue weighted by Gasteiger charge is 2.22. The Morgan fingerprint density at radius 3 is 2.29 bits per heavy atom. The predicted octanol–water partition coefficient (Wildman–Crippen LogP) is 1.88.